The fourth-order valence-electron chi connectivity index (χ4n) is 0.897. The monoisotopic (exact) mass is 201 g/mol. The number of halogens is 3. The molecule has 0 aliphatic carbocycles. The van der Waals surface area contributed by atoms with Crippen LogP contribution in [0.25, 0.3) is 6.08 Å². The lowest BCUT2D eigenvalue weighted by atomic mass is 10.2. The van der Waals surface area contributed by atoms with Gasteiger partial charge < -0.3 is 0 Å². The molecule has 1 aromatic heterocycles. The van der Waals surface area contributed by atoms with E-state index >= 15 is 0 Å². The van der Waals surface area contributed by atoms with Gasteiger partial charge in [0, 0.05) is 0 Å². The van der Waals surface area contributed by atoms with Gasteiger partial charge in [-0.3, -0.25) is 4.79 Å². The number of aldehydes is 1. The average Bonchev–Trinajstić information content (AvgIpc) is 2.15. The lowest BCUT2D eigenvalue weighted by Crippen LogP contribution is -2.09. The molecule has 0 aliphatic heterocycles. The normalized spacial score (nSPS) is 11.1. The summed E-state index contributed by atoms with van der Waals surface area (Å²) in [5.74, 6) is 0. The number of aromatic nitrogens is 1. The molecular formula is C9H6F3NO. The van der Waals surface area contributed by atoms with E-state index in [2.05, 4.69) is 11.6 Å². The molecule has 74 valence electrons. The van der Waals surface area contributed by atoms with Gasteiger partial charge in [-0.05, 0) is 17.7 Å². The predicted molar refractivity (Wildman–Crippen MR) is 44.7 cm³/mol. The first-order valence-corrected chi connectivity index (χ1v) is 3.64. The molecule has 0 saturated carbocycles. The van der Waals surface area contributed by atoms with Crippen molar-refractivity contribution in [2.75, 3.05) is 0 Å². The molecule has 0 aromatic carbocycles. The van der Waals surface area contributed by atoms with Crippen LogP contribution in [0.5, 0.6) is 0 Å². The van der Waals surface area contributed by atoms with Crippen molar-refractivity contribution in [3.05, 3.63) is 35.7 Å². The summed E-state index contributed by atoms with van der Waals surface area (Å²) < 4.78 is 36.6. The summed E-state index contributed by atoms with van der Waals surface area (Å²) in [6.07, 6.45) is -3.05. The van der Waals surface area contributed by atoms with Crippen LogP contribution in [0.2, 0.25) is 0 Å². The van der Waals surface area contributed by atoms with Gasteiger partial charge >= 0.3 is 6.18 Å². The van der Waals surface area contributed by atoms with Gasteiger partial charge in [0.25, 0.3) is 0 Å². The smallest absolute Gasteiger partial charge is 0.296 e. The number of hydrogen-bond acceptors (Lipinski definition) is 2. The highest BCUT2D eigenvalue weighted by molar-refractivity contribution is 5.73. The molecule has 5 heteroatoms. The molecule has 0 aliphatic rings. The van der Waals surface area contributed by atoms with Crippen LogP contribution < -0.4 is 0 Å². The minimum atomic E-state index is -4.54. The summed E-state index contributed by atoms with van der Waals surface area (Å²) in [6, 6.07) is 2.06. The Bertz CT molecular complexity index is 345. The third kappa shape index (κ3) is 2.18. The largest absolute Gasteiger partial charge is 0.433 e. The number of alkyl halides is 3. The first kappa shape index (κ1) is 10.4. The van der Waals surface area contributed by atoms with Crippen LogP contribution in [-0.2, 0) is 6.18 Å². The molecule has 0 fully saturated rings. The van der Waals surface area contributed by atoms with Crippen LogP contribution in [0.4, 0.5) is 13.2 Å². The van der Waals surface area contributed by atoms with Gasteiger partial charge in [0.05, 0.1) is 0 Å². The highest BCUT2D eigenvalue weighted by Gasteiger charge is 2.32. The maximum atomic E-state index is 12.2. The predicted octanol–water partition coefficient (Wildman–Crippen LogP) is 2.56. The van der Waals surface area contributed by atoms with E-state index in [4.69, 9.17) is 0 Å². The van der Waals surface area contributed by atoms with Crippen molar-refractivity contribution in [2.24, 2.45) is 0 Å². The second kappa shape index (κ2) is 3.61. The maximum Gasteiger partial charge on any atom is 0.433 e. The minimum absolute atomic E-state index is 0.217. The van der Waals surface area contributed by atoms with E-state index < -0.39 is 11.9 Å². The van der Waals surface area contributed by atoms with Crippen molar-refractivity contribution in [3.8, 4) is 0 Å². The molecule has 0 bridgehead atoms. The standard InChI is InChI=1S/C9H6F3NO/c1-2-6-3-7(5-14)13-8(4-6)9(10,11)12/h2-5H,1H2. The van der Waals surface area contributed by atoms with Crippen molar-refractivity contribution in [2.45, 2.75) is 6.18 Å². The zero-order valence-electron chi connectivity index (χ0n) is 7.01. The average molecular weight is 201 g/mol. The second-order valence-corrected chi connectivity index (χ2v) is 2.53. The highest BCUT2D eigenvalue weighted by Crippen LogP contribution is 2.28. The summed E-state index contributed by atoms with van der Waals surface area (Å²) in [4.78, 5) is 13.4. The van der Waals surface area contributed by atoms with Crippen molar-refractivity contribution < 1.29 is 18.0 Å². The lowest BCUT2D eigenvalue weighted by molar-refractivity contribution is -0.141. The SMILES string of the molecule is C=Cc1cc(C=O)nc(C(F)(F)F)c1. The summed E-state index contributed by atoms with van der Waals surface area (Å²) in [5.41, 5.74) is -1.12. The third-order valence-electron chi connectivity index (χ3n) is 1.51. The van der Waals surface area contributed by atoms with Gasteiger partial charge in [0.2, 0.25) is 0 Å². The first-order chi connectivity index (χ1) is 6.47. The third-order valence-corrected chi connectivity index (χ3v) is 1.51. The Morgan fingerprint density at radius 2 is 2.00 bits per heavy atom. The molecule has 0 unspecified atom stereocenters. The zero-order chi connectivity index (χ0) is 10.8. The van der Waals surface area contributed by atoms with Crippen LogP contribution in [0.3, 0.4) is 0 Å². The van der Waals surface area contributed by atoms with E-state index in [1.165, 1.54) is 12.1 Å². The summed E-state index contributed by atoms with van der Waals surface area (Å²) in [6.45, 7) is 3.32. The Kier molecular flexibility index (Phi) is 2.69. The van der Waals surface area contributed by atoms with Crippen molar-refractivity contribution in [3.63, 3.8) is 0 Å². The van der Waals surface area contributed by atoms with Gasteiger partial charge in [-0.1, -0.05) is 12.7 Å². The van der Waals surface area contributed by atoms with Crippen molar-refractivity contribution in [1.82, 2.24) is 4.98 Å². The van der Waals surface area contributed by atoms with E-state index in [0.29, 0.717) is 0 Å². The maximum absolute atomic E-state index is 12.2. The Hall–Kier alpha value is -1.65. The van der Waals surface area contributed by atoms with Crippen molar-refractivity contribution in [1.29, 1.82) is 0 Å². The highest BCUT2D eigenvalue weighted by atomic mass is 19.4. The number of pyridine rings is 1. The molecule has 1 heterocycles. The molecule has 0 atom stereocenters. The molecule has 0 radical (unpaired) electrons. The van der Waals surface area contributed by atoms with Crippen LogP contribution >= 0.6 is 0 Å². The van der Waals surface area contributed by atoms with Gasteiger partial charge in [-0.25, -0.2) is 4.98 Å². The number of carbonyl (C=O) groups is 1. The molecule has 2 nitrogen and oxygen atoms in total. The molecule has 14 heavy (non-hydrogen) atoms. The minimum Gasteiger partial charge on any atom is -0.296 e. The Labute approximate surface area is 78.1 Å². The Balaban J connectivity index is 3.31. The van der Waals surface area contributed by atoms with E-state index in [9.17, 15) is 18.0 Å². The first-order valence-electron chi connectivity index (χ1n) is 3.64. The summed E-state index contributed by atoms with van der Waals surface area (Å²) in [7, 11) is 0. The molecular weight excluding hydrogens is 195 g/mol. The van der Waals surface area contributed by atoms with E-state index in [1.807, 2.05) is 0 Å². The topological polar surface area (TPSA) is 30.0 Å². The lowest BCUT2D eigenvalue weighted by Gasteiger charge is -2.06. The fourth-order valence-corrected chi connectivity index (χ4v) is 0.897. The van der Waals surface area contributed by atoms with Crippen LogP contribution in [-0.4, -0.2) is 11.3 Å². The van der Waals surface area contributed by atoms with Crippen LogP contribution in [0.1, 0.15) is 21.7 Å². The number of nitrogens with zero attached hydrogens (tertiary/aromatic N) is 1. The molecule has 0 saturated heterocycles. The van der Waals surface area contributed by atoms with Crippen molar-refractivity contribution >= 4 is 12.4 Å². The van der Waals surface area contributed by atoms with E-state index in [-0.39, 0.29) is 17.5 Å². The van der Waals surface area contributed by atoms with Gasteiger partial charge in [0.15, 0.2) is 6.29 Å². The van der Waals surface area contributed by atoms with Crippen LogP contribution in [0.15, 0.2) is 18.7 Å². The summed E-state index contributed by atoms with van der Waals surface area (Å²) in [5, 5.41) is 0. The molecule has 1 rings (SSSR count). The summed E-state index contributed by atoms with van der Waals surface area (Å²) >= 11 is 0. The van der Waals surface area contributed by atoms with E-state index in [0.717, 1.165) is 6.07 Å². The molecule has 0 spiro atoms. The number of rotatable bonds is 2. The molecule has 0 amide bonds. The molecule has 1 aromatic rings. The number of carbonyl (C=O) groups excluding carboxylic acids is 1. The van der Waals surface area contributed by atoms with Gasteiger partial charge in [-0.15, -0.1) is 0 Å². The number of hydrogen-bond donors (Lipinski definition) is 0. The second-order valence-electron chi connectivity index (χ2n) is 2.53. The zero-order valence-corrected chi connectivity index (χ0v) is 7.01. The molecule has 0 N–H and O–H groups in total. The Morgan fingerprint density at radius 3 is 2.43 bits per heavy atom. The van der Waals surface area contributed by atoms with Crippen LogP contribution in [0, 0.1) is 0 Å². The Morgan fingerprint density at radius 1 is 1.36 bits per heavy atom. The fraction of sp³-hybridized carbons (Fsp3) is 0.111. The van der Waals surface area contributed by atoms with Gasteiger partial charge in [0.1, 0.15) is 11.4 Å². The quantitative estimate of drug-likeness (QED) is 0.688. The van der Waals surface area contributed by atoms with Gasteiger partial charge in [-0.2, -0.15) is 13.2 Å². The van der Waals surface area contributed by atoms with E-state index in [1.54, 1.807) is 0 Å².